The normalized spacial score (nSPS) is 11.0. The van der Waals surface area contributed by atoms with E-state index in [1.54, 1.807) is 28.9 Å². The van der Waals surface area contributed by atoms with E-state index in [1.165, 1.54) is 0 Å². The van der Waals surface area contributed by atoms with Crippen molar-refractivity contribution in [3.63, 3.8) is 0 Å². The second-order valence-corrected chi connectivity index (χ2v) is 5.51. The predicted molar refractivity (Wildman–Crippen MR) is 80.7 cm³/mol. The Labute approximate surface area is 139 Å². The zero-order chi connectivity index (χ0) is 16.6. The van der Waals surface area contributed by atoms with Gasteiger partial charge in [-0.25, -0.2) is 18.6 Å². The van der Waals surface area contributed by atoms with E-state index < -0.39 is 17.6 Å². The van der Waals surface area contributed by atoms with Crippen molar-refractivity contribution in [2.24, 2.45) is 0 Å². The average Bonchev–Trinajstić information content (AvgIpc) is 2.90. The Bertz CT molecular complexity index is 912. The quantitative estimate of drug-likeness (QED) is 0.519. The number of nitrogens with zero attached hydrogens (tertiary/aromatic N) is 2. The summed E-state index contributed by atoms with van der Waals surface area (Å²) in [5.41, 5.74) is 0.850. The highest BCUT2D eigenvalue weighted by atomic mass is 35.5. The molecular weight excluding hydrogens is 349 g/mol. The van der Waals surface area contributed by atoms with Crippen molar-refractivity contribution in [2.75, 3.05) is 0 Å². The van der Waals surface area contributed by atoms with E-state index in [-0.39, 0.29) is 17.2 Å². The Morgan fingerprint density at radius 3 is 2.70 bits per heavy atom. The van der Waals surface area contributed by atoms with Crippen LogP contribution < -0.4 is 0 Å². The van der Waals surface area contributed by atoms with Crippen molar-refractivity contribution in [3.8, 4) is 0 Å². The van der Waals surface area contributed by atoms with E-state index in [0.717, 1.165) is 6.07 Å². The van der Waals surface area contributed by atoms with E-state index in [2.05, 4.69) is 4.98 Å². The zero-order valence-electron chi connectivity index (χ0n) is 11.4. The van der Waals surface area contributed by atoms with Gasteiger partial charge in [-0.2, -0.15) is 0 Å². The first-order chi connectivity index (χ1) is 10.9. The van der Waals surface area contributed by atoms with E-state index in [0.29, 0.717) is 22.4 Å². The number of hydrogen-bond donors (Lipinski definition) is 0. The van der Waals surface area contributed by atoms with Crippen molar-refractivity contribution >= 4 is 34.8 Å². The molecule has 0 N–H and O–H groups in total. The van der Waals surface area contributed by atoms with E-state index in [1.807, 2.05) is 0 Å². The molecule has 0 saturated carbocycles. The maximum atomic E-state index is 13.2. The van der Waals surface area contributed by atoms with Gasteiger partial charge in [-0.3, -0.25) is 0 Å². The fraction of sp³-hybridized carbons (Fsp3) is 0.0667. The predicted octanol–water partition coefficient (Wildman–Crippen LogP) is 4.28. The van der Waals surface area contributed by atoms with Gasteiger partial charge in [-0.05, 0) is 24.3 Å². The Morgan fingerprint density at radius 2 is 1.91 bits per heavy atom. The van der Waals surface area contributed by atoms with Gasteiger partial charge in [0.05, 0.1) is 21.3 Å². The summed E-state index contributed by atoms with van der Waals surface area (Å²) in [6, 6.07) is 4.81. The highest BCUT2D eigenvalue weighted by Gasteiger charge is 2.17. The van der Waals surface area contributed by atoms with Crippen molar-refractivity contribution in [1.82, 2.24) is 9.38 Å². The minimum absolute atomic E-state index is 0.145. The molecule has 1 aromatic carbocycles. The molecule has 0 spiro atoms. The van der Waals surface area contributed by atoms with Gasteiger partial charge in [0.2, 0.25) is 0 Å². The molecule has 2 heterocycles. The first-order valence-electron chi connectivity index (χ1n) is 6.39. The Kier molecular flexibility index (Phi) is 4.19. The molecule has 0 aliphatic carbocycles. The minimum atomic E-state index is -1.18. The number of aromatic nitrogens is 2. The van der Waals surface area contributed by atoms with Gasteiger partial charge in [-0.15, -0.1) is 0 Å². The molecule has 0 unspecified atom stereocenters. The van der Waals surface area contributed by atoms with Crippen LogP contribution in [0, 0.1) is 11.6 Å². The van der Waals surface area contributed by atoms with Gasteiger partial charge < -0.3 is 9.14 Å². The molecule has 0 aliphatic rings. The number of fused-ring (bicyclic) bond motifs is 1. The van der Waals surface area contributed by atoms with Gasteiger partial charge >= 0.3 is 5.97 Å². The van der Waals surface area contributed by atoms with Crippen molar-refractivity contribution < 1.29 is 18.3 Å². The standard InChI is InChI=1S/C15H8Cl2F2N2O2/c16-8-1-2-14-20-9(6-21(14)5-8)7-23-15(22)10-3-12(18)13(19)4-11(10)17/h1-6H,7H2. The van der Waals surface area contributed by atoms with Gasteiger partial charge in [0.1, 0.15) is 12.3 Å². The summed E-state index contributed by atoms with van der Waals surface area (Å²) in [5.74, 6) is -3.18. The third-order valence-corrected chi connectivity index (χ3v) is 3.58. The first kappa shape index (κ1) is 15.7. The van der Waals surface area contributed by atoms with Crippen LogP contribution in [0.4, 0.5) is 8.78 Å². The lowest BCUT2D eigenvalue weighted by Gasteiger charge is -2.05. The Hall–Kier alpha value is -2.18. The third-order valence-electron chi connectivity index (χ3n) is 3.05. The lowest BCUT2D eigenvalue weighted by Crippen LogP contribution is -2.07. The molecule has 118 valence electrons. The summed E-state index contributed by atoms with van der Waals surface area (Å²) >= 11 is 11.6. The highest BCUT2D eigenvalue weighted by Crippen LogP contribution is 2.21. The van der Waals surface area contributed by atoms with Gasteiger partial charge in [0.15, 0.2) is 11.6 Å². The number of rotatable bonds is 3. The summed E-state index contributed by atoms with van der Waals surface area (Å²) < 4.78 is 32.9. The molecule has 4 nitrogen and oxygen atoms in total. The molecule has 0 saturated heterocycles. The van der Waals surface area contributed by atoms with E-state index in [9.17, 15) is 13.6 Å². The molecule has 0 aliphatic heterocycles. The molecule has 8 heteroatoms. The number of imidazole rings is 1. The van der Waals surface area contributed by atoms with Gasteiger partial charge in [0.25, 0.3) is 0 Å². The molecule has 0 radical (unpaired) electrons. The number of benzene rings is 1. The number of hydrogen-bond acceptors (Lipinski definition) is 3. The SMILES string of the molecule is O=C(OCc1cn2cc(Cl)ccc2n1)c1cc(F)c(F)cc1Cl. The Morgan fingerprint density at radius 1 is 1.17 bits per heavy atom. The van der Waals surface area contributed by atoms with Crippen LogP contribution in [0.25, 0.3) is 5.65 Å². The summed E-state index contributed by atoms with van der Waals surface area (Å²) in [5, 5.41) is 0.308. The molecule has 0 fully saturated rings. The van der Waals surface area contributed by atoms with Crippen LogP contribution >= 0.6 is 23.2 Å². The van der Waals surface area contributed by atoms with Crippen molar-refractivity contribution in [3.05, 3.63) is 69.6 Å². The maximum Gasteiger partial charge on any atom is 0.340 e. The van der Waals surface area contributed by atoms with E-state index in [4.69, 9.17) is 27.9 Å². The lowest BCUT2D eigenvalue weighted by molar-refractivity contribution is 0.0468. The fourth-order valence-electron chi connectivity index (χ4n) is 1.98. The molecule has 0 atom stereocenters. The van der Waals surface area contributed by atoms with Crippen molar-refractivity contribution in [2.45, 2.75) is 6.61 Å². The molecule has 0 amide bonds. The molecule has 23 heavy (non-hydrogen) atoms. The lowest BCUT2D eigenvalue weighted by atomic mass is 10.2. The number of ether oxygens (including phenoxy) is 1. The molecule has 3 aromatic rings. The van der Waals surface area contributed by atoms with Crippen LogP contribution in [0.1, 0.15) is 16.1 Å². The van der Waals surface area contributed by atoms with Crippen LogP contribution in [0.5, 0.6) is 0 Å². The number of halogens is 4. The summed E-state index contributed by atoms with van der Waals surface area (Å²) in [4.78, 5) is 16.2. The first-order valence-corrected chi connectivity index (χ1v) is 7.14. The van der Waals surface area contributed by atoms with Crippen LogP contribution in [-0.4, -0.2) is 15.4 Å². The molecule has 2 aromatic heterocycles. The largest absolute Gasteiger partial charge is 0.455 e. The topological polar surface area (TPSA) is 43.6 Å². The number of carbonyl (C=O) groups is 1. The number of esters is 1. The third kappa shape index (κ3) is 3.28. The van der Waals surface area contributed by atoms with Crippen molar-refractivity contribution in [1.29, 1.82) is 0 Å². The van der Waals surface area contributed by atoms with Gasteiger partial charge in [0, 0.05) is 12.4 Å². The maximum absolute atomic E-state index is 13.2. The molecular formula is C15H8Cl2F2N2O2. The van der Waals surface area contributed by atoms with Gasteiger partial charge in [-0.1, -0.05) is 23.2 Å². The number of carbonyl (C=O) groups excluding carboxylic acids is 1. The summed E-state index contributed by atoms with van der Waals surface area (Å²) in [6.45, 7) is -0.145. The Balaban J connectivity index is 1.76. The molecule has 0 bridgehead atoms. The summed E-state index contributed by atoms with van der Waals surface area (Å²) in [7, 11) is 0. The van der Waals surface area contributed by atoms with Crippen LogP contribution in [0.3, 0.4) is 0 Å². The minimum Gasteiger partial charge on any atom is -0.455 e. The second kappa shape index (κ2) is 6.14. The average molecular weight is 357 g/mol. The second-order valence-electron chi connectivity index (χ2n) is 4.67. The fourth-order valence-corrected chi connectivity index (χ4v) is 2.38. The van der Waals surface area contributed by atoms with Crippen LogP contribution in [0.2, 0.25) is 10.0 Å². The van der Waals surface area contributed by atoms with Crippen LogP contribution in [-0.2, 0) is 11.3 Å². The van der Waals surface area contributed by atoms with E-state index >= 15 is 0 Å². The molecule has 3 rings (SSSR count). The van der Waals surface area contributed by atoms with Crippen LogP contribution in [0.15, 0.2) is 36.7 Å². The highest BCUT2D eigenvalue weighted by molar-refractivity contribution is 6.33. The monoisotopic (exact) mass is 356 g/mol. The summed E-state index contributed by atoms with van der Waals surface area (Å²) in [6.07, 6.45) is 3.29. The number of pyridine rings is 1. The smallest absolute Gasteiger partial charge is 0.340 e. The zero-order valence-corrected chi connectivity index (χ0v) is 12.9.